The molecule has 4 N–H and O–H groups in total. The Morgan fingerprint density at radius 1 is 1.48 bits per heavy atom. The lowest BCUT2D eigenvalue weighted by Gasteiger charge is -2.34. The number of carbonyl (C=O) groups excluding carboxylic acids is 2. The summed E-state index contributed by atoms with van der Waals surface area (Å²) in [5, 5.41) is 0. The maximum atomic E-state index is 12.7. The largest absolute Gasteiger partial charge is 0.491 e. The van der Waals surface area contributed by atoms with Gasteiger partial charge in [0.05, 0.1) is 31.1 Å². The SMILES string of the molecule is CCOc1c(N)cccc1C(=O)N1CCOCC1C(N)=O. The van der Waals surface area contributed by atoms with Gasteiger partial charge in [-0.3, -0.25) is 9.59 Å². The van der Waals surface area contributed by atoms with E-state index in [1.807, 2.05) is 6.92 Å². The van der Waals surface area contributed by atoms with Crippen LogP contribution < -0.4 is 16.2 Å². The van der Waals surface area contributed by atoms with Crippen molar-refractivity contribution in [3.05, 3.63) is 23.8 Å². The van der Waals surface area contributed by atoms with Gasteiger partial charge < -0.3 is 25.8 Å². The monoisotopic (exact) mass is 293 g/mol. The van der Waals surface area contributed by atoms with Crippen molar-refractivity contribution in [1.29, 1.82) is 0 Å². The molecule has 7 nitrogen and oxygen atoms in total. The molecule has 1 saturated heterocycles. The van der Waals surface area contributed by atoms with Crippen LogP contribution in [-0.2, 0) is 9.53 Å². The summed E-state index contributed by atoms with van der Waals surface area (Å²) in [6.45, 7) is 2.96. The zero-order chi connectivity index (χ0) is 15.4. The number of nitrogens with zero attached hydrogens (tertiary/aromatic N) is 1. The van der Waals surface area contributed by atoms with Crippen LogP contribution in [0.4, 0.5) is 5.69 Å². The van der Waals surface area contributed by atoms with E-state index in [-0.39, 0.29) is 12.5 Å². The number of anilines is 1. The van der Waals surface area contributed by atoms with E-state index in [2.05, 4.69) is 0 Å². The molecule has 21 heavy (non-hydrogen) atoms. The maximum Gasteiger partial charge on any atom is 0.258 e. The summed E-state index contributed by atoms with van der Waals surface area (Å²) in [4.78, 5) is 25.6. The van der Waals surface area contributed by atoms with Crippen LogP contribution in [0.15, 0.2) is 18.2 Å². The number of amides is 2. The van der Waals surface area contributed by atoms with Gasteiger partial charge in [0.1, 0.15) is 6.04 Å². The Balaban J connectivity index is 2.34. The second kappa shape index (κ2) is 6.45. The van der Waals surface area contributed by atoms with E-state index >= 15 is 0 Å². The molecule has 1 aromatic carbocycles. The molecule has 0 spiro atoms. The molecule has 1 fully saturated rings. The van der Waals surface area contributed by atoms with Crippen molar-refractivity contribution >= 4 is 17.5 Å². The van der Waals surface area contributed by atoms with Crippen LogP contribution >= 0.6 is 0 Å². The quantitative estimate of drug-likeness (QED) is 0.759. The highest BCUT2D eigenvalue weighted by atomic mass is 16.5. The van der Waals surface area contributed by atoms with Crippen molar-refractivity contribution < 1.29 is 19.1 Å². The molecule has 1 aliphatic rings. The topological polar surface area (TPSA) is 108 Å². The summed E-state index contributed by atoms with van der Waals surface area (Å²) >= 11 is 0. The van der Waals surface area contributed by atoms with E-state index in [1.165, 1.54) is 4.90 Å². The molecule has 0 aromatic heterocycles. The van der Waals surface area contributed by atoms with Gasteiger partial charge in [-0.2, -0.15) is 0 Å². The van der Waals surface area contributed by atoms with Gasteiger partial charge in [0, 0.05) is 6.54 Å². The van der Waals surface area contributed by atoms with Crippen LogP contribution in [0, 0.1) is 0 Å². The number of nitrogen functional groups attached to an aromatic ring is 1. The van der Waals surface area contributed by atoms with Gasteiger partial charge in [0.2, 0.25) is 5.91 Å². The molecule has 0 aliphatic carbocycles. The number of rotatable bonds is 4. The molecule has 2 amide bonds. The van der Waals surface area contributed by atoms with Crippen LogP contribution in [0.5, 0.6) is 5.75 Å². The van der Waals surface area contributed by atoms with Gasteiger partial charge in [-0.05, 0) is 19.1 Å². The first-order valence-electron chi connectivity index (χ1n) is 6.75. The molecule has 0 radical (unpaired) electrons. The minimum atomic E-state index is -0.776. The third-order valence-electron chi connectivity index (χ3n) is 3.28. The molecule has 114 valence electrons. The minimum absolute atomic E-state index is 0.105. The summed E-state index contributed by atoms with van der Waals surface area (Å²) in [5.74, 6) is -0.595. The average Bonchev–Trinajstić information content (AvgIpc) is 2.48. The fourth-order valence-corrected chi connectivity index (χ4v) is 2.27. The number of primary amides is 1. The predicted octanol–water partition coefficient (Wildman–Crippen LogP) is -0.00620. The van der Waals surface area contributed by atoms with Gasteiger partial charge in [0.15, 0.2) is 5.75 Å². The molecule has 2 rings (SSSR count). The first-order chi connectivity index (χ1) is 10.1. The molecule has 1 atom stereocenters. The van der Waals surface area contributed by atoms with Crippen LogP contribution in [0.3, 0.4) is 0 Å². The van der Waals surface area contributed by atoms with Crippen molar-refractivity contribution in [3.63, 3.8) is 0 Å². The minimum Gasteiger partial charge on any atom is -0.491 e. The second-order valence-corrected chi connectivity index (χ2v) is 4.65. The van der Waals surface area contributed by atoms with Gasteiger partial charge in [0.25, 0.3) is 5.91 Å². The Labute approximate surface area is 122 Å². The molecule has 0 bridgehead atoms. The Morgan fingerprint density at radius 2 is 2.24 bits per heavy atom. The highest BCUT2D eigenvalue weighted by molar-refractivity contribution is 6.01. The van der Waals surface area contributed by atoms with Gasteiger partial charge in [-0.1, -0.05) is 6.07 Å². The summed E-state index contributed by atoms with van der Waals surface area (Å²) in [5.41, 5.74) is 11.9. The van der Waals surface area contributed by atoms with Crippen LogP contribution in [0.2, 0.25) is 0 Å². The average molecular weight is 293 g/mol. The third kappa shape index (κ3) is 3.08. The van der Waals surface area contributed by atoms with E-state index in [9.17, 15) is 9.59 Å². The number of hydrogen-bond donors (Lipinski definition) is 2. The molecular weight excluding hydrogens is 274 g/mol. The number of benzene rings is 1. The number of hydrogen-bond acceptors (Lipinski definition) is 5. The lowest BCUT2D eigenvalue weighted by molar-refractivity contribution is -0.127. The van der Waals surface area contributed by atoms with Crippen LogP contribution in [0.1, 0.15) is 17.3 Å². The summed E-state index contributed by atoms with van der Waals surface area (Å²) in [6.07, 6.45) is 0. The standard InChI is InChI=1S/C14H19N3O4/c1-2-21-12-9(4-3-5-10(12)15)14(19)17-6-7-20-8-11(17)13(16)18/h3-5,11H,2,6-8,15H2,1H3,(H2,16,18). The van der Waals surface area contributed by atoms with E-state index in [4.69, 9.17) is 20.9 Å². The molecule has 7 heteroatoms. The van der Waals surface area contributed by atoms with E-state index < -0.39 is 11.9 Å². The zero-order valence-corrected chi connectivity index (χ0v) is 11.9. The summed E-state index contributed by atoms with van der Waals surface area (Å²) in [6, 6.07) is 4.18. The normalized spacial score (nSPS) is 18.3. The zero-order valence-electron chi connectivity index (χ0n) is 11.9. The molecule has 1 aliphatic heterocycles. The van der Waals surface area contributed by atoms with E-state index in [1.54, 1.807) is 18.2 Å². The Hall–Kier alpha value is -2.28. The maximum absolute atomic E-state index is 12.7. The van der Waals surface area contributed by atoms with E-state index in [0.29, 0.717) is 36.8 Å². The lowest BCUT2D eigenvalue weighted by atomic mass is 10.1. The molecular formula is C14H19N3O4. The molecule has 1 unspecified atom stereocenters. The summed E-state index contributed by atoms with van der Waals surface area (Å²) in [7, 11) is 0. The Morgan fingerprint density at radius 3 is 2.90 bits per heavy atom. The molecule has 1 heterocycles. The third-order valence-corrected chi connectivity index (χ3v) is 3.28. The first kappa shape index (κ1) is 15.1. The van der Waals surface area contributed by atoms with Crippen molar-refractivity contribution in [1.82, 2.24) is 4.90 Å². The number of ether oxygens (including phenoxy) is 2. The lowest BCUT2D eigenvalue weighted by Crippen LogP contribution is -2.54. The first-order valence-corrected chi connectivity index (χ1v) is 6.75. The smallest absolute Gasteiger partial charge is 0.258 e. The number of para-hydroxylation sites is 1. The fourth-order valence-electron chi connectivity index (χ4n) is 2.27. The highest BCUT2D eigenvalue weighted by Gasteiger charge is 2.33. The fraction of sp³-hybridized carbons (Fsp3) is 0.429. The number of carbonyl (C=O) groups is 2. The van der Waals surface area contributed by atoms with Gasteiger partial charge in [-0.25, -0.2) is 0 Å². The van der Waals surface area contributed by atoms with Crippen molar-refractivity contribution in [2.24, 2.45) is 5.73 Å². The highest BCUT2D eigenvalue weighted by Crippen LogP contribution is 2.28. The van der Waals surface area contributed by atoms with Crippen LogP contribution in [-0.4, -0.2) is 49.1 Å². The van der Waals surface area contributed by atoms with Crippen molar-refractivity contribution in [2.45, 2.75) is 13.0 Å². The second-order valence-electron chi connectivity index (χ2n) is 4.65. The number of nitrogens with two attached hydrogens (primary N) is 2. The van der Waals surface area contributed by atoms with Gasteiger partial charge in [-0.15, -0.1) is 0 Å². The molecule has 0 saturated carbocycles. The van der Waals surface area contributed by atoms with Crippen molar-refractivity contribution in [3.8, 4) is 5.75 Å². The van der Waals surface area contributed by atoms with Crippen molar-refractivity contribution in [2.75, 3.05) is 32.1 Å². The predicted molar refractivity (Wildman–Crippen MR) is 76.9 cm³/mol. The van der Waals surface area contributed by atoms with Crippen LogP contribution in [0.25, 0.3) is 0 Å². The Kier molecular flexibility index (Phi) is 4.64. The van der Waals surface area contributed by atoms with Gasteiger partial charge >= 0.3 is 0 Å². The van der Waals surface area contributed by atoms with E-state index in [0.717, 1.165) is 0 Å². The summed E-state index contributed by atoms with van der Waals surface area (Å²) < 4.78 is 10.7. The number of morpholine rings is 1. The molecule has 1 aromatic rings. The Bertz CT molecular complexity index is 547.